The van der Waals surface area contributed by atoms with Crippen LogP contribution in [-0.4, -0.2) is 18.3 Å². The van der Waals surface area contributed by atoms with Gasteiger partial charge in [0.25, 0.3) is 0 Å². The van der Waals surface area contributed by atoms with Crippen LogP contribution in [0.25, 0.3) is 0 Å². The molecule has 2 aromatic carbocycles. The fourth-order valence-electron chi connectivity index (χ4n) is 2.00. The van der Waals surface area contributed by atoms with Crippen LogP contribution in [0, 0.1) is 23.3 Å². The number of aliphatic hydroxyl groups is 1. The summed E-state index contributed by atoms with van der Waals surface area (Å²) in [5.74, 6) is -4.14. The minimum absolute atomic E-state index is 0.109. The molecule has 0 unspecified atom stereocenters. The maximum atomic E-state index is 13.4. The average molecular weight is 314 g/mol. The molecule has 0 amide bonds. The molecule has 0 radical (unpaired) electrons. The van der Waals surface area contributed by atoms with E-state index in [9.17, 15) is 17.6 Å². The molecule has 0 aliphatic heterocycles. The summed E-state index contributed by atoms with van der Waals surface area (Å²) in [5, 5.41) is 8.78. The molecule has 0 atom stereocenters. The highest BCUT2D eigenvalue weighted by Gasteiger charge is 2.18. The molecule has 0 heterocycles. The van der Waals surface area contributed by atoms with Crippen molar-refractivity contribution in [2.24, 2.45) is 0 Å². The topological polar surface area (TPSA) is 29.5 Å². The van der Waals surface area contributed by atoms with Gasteiger partial charge in [0.15, 0.2) is 23.3 Å². The highest BCUT2D eigenvalue weighted by molar-refractivity contribution is 5.31. The van der Waals surface area contributed by atoms with Crippen LogP contribution < -0.4 is 0 Å². The number of benzene rings is 2. The summed E-state index contributed by atoms with van der Waals surface area (Å²) in [4.78, 5) is 0. The Labute approximate surface area is 125 Å². The number of ether oxygens (including phenoxy) is 1. The third-order valence-electron chi connectivity index (χ3n) is 3.08. The highest BCUT2D eigenvalue weighted by atomic mass is 19.2. The molecular weight excluding hydrogens is 300 g/mol. The van der Waals surface area contributed by atoms with E-state index in [1.165, 1.54) is 12.1 Å². The fraction of sp³-hybridized carbons (Fsp3) is 0.250. The normalized spacial score (nSPS) is 11.2. The Morgan fingerprint density at radius 2 is 1.32 bits per heavy atom. The van der Waals surface area contributed by atoms with E-state index in [1.54, 1.807) is 0 Å². The Morgan fingerprint density at radius 1 is 0.818 bits per heavy atom. The number of aliphatic hydroxyl groups excluding tert-OH is 1. The smallest absolute Gasteiger partial charge is 0.159 e. The summed E-state index contributed by atoms with van der Waals surface area (Å²) in [7, 11) is 0. The van der Waals surface area contributed by atoms with E-state index < -0.39 is 29.4 Å². The van der Waals surface area contributed by atoms with E-state index >= 15 is 0 Å². The molecule has 0 bridgehead atoms. The molecule has 0 aromatic heterocycles. The monoisotopic (exact) mass is 314 g/mol. The van der Waals surface area contributed by atoms with Gasteiger partial charge in [-0.05, 0) is 41.8 Å². The van der Waals surface area contributed by atoms with Crippen LogP contribution in [0.1, 0.15) is 23.7 Å². The molecule has 2 nitrogen and oxygen atoms in total. The van der Waals surface area contributed by atoms with Gasteiger partial charge < -0.3 is 9.84 Å². The molecule has 2 rings (SSSR count). The largest absolute Gasteiger partial charge is 0.396 e. The zero-order valence-electron chi connectivity index (χ0n) is 11.5. The Hall–Kier alpha value is -1.92. The van der Waals surface area contributed by atoms with Crippen LogP contribution in [-0.2, 0) is 4.74 Å². The lowest BCUT2D eigenvalue weighted by atomic mass is 10.0. The van der Waals surface area contributed by atoms with Crippen molar-refractivity contribution in [3.8, 4) is 0 Å². The van der Waals surface area contributed by atoms with Crippen molar-refractivity contribution in [2.75, 3.05) is 13.2 Å². The van der Waals surface area contributed by atoms with Gasteiger partial charge in [0, 0.05) is 6.61 Å². The first-order valence-electron chi connectivity index (χ1n) is 6.65. The van der Waals surface area contributed by atoms with E-state index in [2.05, 4.69) is 0 Å². The molecule has 118 valence electrons. The summed E-state index contributed by atoms with van der Waals surface area (Å²) < 4.78 is 58.3. The van der Waals surface area contributed by atoms with Gasteiger partial charge in [-0.2, -0.15) is 0 Å². The SMILES string of the molecule is OCCCOC(c1ccc(F)c(F)c1)c1ccc(F)c(F)c1. The Balaban J connectivity index is 2.36. The lowest BCUT2D eigenvalue weighted by Crippen LogP contribution is -2.10. The van der Waals surface area contributed by atoms with E-state index in [-0.39, 0.29) is 24.3 Å². The van der Waals surface area contributed by atoms with Gasteiger partial charge >= 0.3 is 0 Å². The van der Waals surface area contributed by atoms with Crippen molar-refractivity contribution < 1.29 is 27.4 Å². The number of halogens is 4. The third-order valence-corrected chi connectivity index (χ3v) is 3.08. The lowest BCUT2D eigenvalue weighted by molar-refractivity contribution is 0.0678. The molecule has 22 heavy (non-hydrogen) atoms. The van der Waals surface area contributed by atoms with E-state index in [1.807, 2.05) is 0 Å². The Morgan fingerprint density at radius 3 is 1.73 bits per heavy atom. The van der Waals surface area contributed by atoms with Crippen LogP contribution in [0.4, 0.5) is 17.6 Å². The van der Waals surface area contributed by atoms with Gasteiger partial charge in [0.2, 0.25) is 0 Å². The molecule has 0 spiro atoms. The first-order valence-corrected chi connectivity index (χ1v) is 6.65. The van der Waals surface area contributed by atoms with Gasteiger partial charge in [-0.3, -0.25) is 0 Å². The second-order valence-electron chi connectivity index (χ2n) is 4.68. The van der Waals surface area contributed by atoms with Crippen molar-refractivity contribution in [3.63, 3.8) is 0 Å². The minimum Gasteiger partial charge on any atom is -0.396 e. The van der Waals surface area contributed by atoms with Gasteiger partial charge in [-0.15, -0.1) is 0 Å². The number of hydrogen-bond donors (Lipinski definition) is 1. The molecular formula is C16H14F4O2. The van der Waals surface area contributed by atoms with Crippen molar-refractivity contribution in [3.05, 3.63) is 70.8 Å². The van der Waals surface area contributed by atoms with Crippen molar-refractivity contribution in [2.45, 2.75) is 12.5 Å². The zero-order valence-corrected chi connectivity index (χ0v) is 11.5. The molecule has 1 N–H and O–H groups in total. The number of hydrogen-bond acceptors (Lipinski definition) is 2. The third kappa shape index (κ3) is 3.84. The minimum atomic E-state index is -1.06. The molecule has 2 aromatic rings. The average Bonchev–Trinajstić information content (AvgIpc) is 2.50. The van der Waals surface area contributed by atoms with Gasteiger partial charge in [0.1, 0.15) is 6.10 Å². The molecule has 0 fully saturated rings. The van der Waals surface area contributed by atoms with E-state index in [0.717, 1.165) is 24.3 Å². The summed E-state index contributed by atoms with van der Waals surface area (Å²) in [6.07, 6.45) is -0.569. The first-order chi connectivity index (χ1) is 10.5. The molecule has 0 saturated heterocycles. The highest BCUT2D eigenvalue weighted by Crippen LogP contribution is 2.28. The molecule has 6 heteroatoms. The quantitative estimate of drug-likeness (QED) is 0.650. The molecule has 0 saturated carbocycles. The fourth-order valence-corrected chi connectivity index (χ4v) is 2.00. The Bertz CT molecular complexity index is 595. The van der Waals surface area contributed by atoms with Crippen molar-refractivity contribution in [1.82, 2.24) is 0 Å². The van der Waals surface area contributed by atoms with Crippen LogP contribution in [0.2, 0.25) is 0 Å². The summed E-state index contributed by atoms with van der Waals surface area (Å²) in [6.45, 7) is 0.0153. The zero-order chi connectivity index (χ0) is 16.1. The lowest BCUT2D eigenvalue weighted by Gasteiger charge is -2.19. The predicted molar refractivity (Wildman–Crippen MR) is 72.2 cm³/mol. The van der Waals surface area contributed by atoms with Gasteiger partial charge in [0.05, 0.1) is 6.61 Å². The van der Waals surface area contributed by atoms with Crippen LogP contribution in [0.5, 0.6) is 0 Å². The molecule has 0 aliphatic carbocycles. The van der Waals surface area contributed by atoms with Crippen LogP contribution in [0.15, 0.2) is 36.4 Å². The maximum absolute atomic E-state index is 13.4. The summed E-state index contributed by atoms with van der Waals surface area (Å²) in [6, 6.07) is 6.38. The van der Waals surface area contributed by atoms with Crippen LogP contribution >= 0.6 is 0 Å². The first kappa shape index (κ1) is 16.5. The second-order valence-corrected chi connectivity index (χ2v) is 4.68. The van der Waals surface area contributed by atoms with Crippen molar-refractivity contribution in [1.29, 1.82) is 0 Å². The summed E-state index contributed by atoms with van der Waals surface area (Å²) in [5.41, 5.74) is 0.533. The summed E-state index contributed by atoms with van der Waals surface area (Å²) >= 11 is 0. The number of rotatable bonds is 6. The second kappa shape index (κ2) is 7.38. The standard InChI is InChI=1S/C16H14F4O2/c17-12-4-2-10(8-14(12)19)16(22-7-1-6-21)11-3-5-13(18)15(20)9-11/h2-5,8-9,16,21H,1,6-7H2. The maximum Gasteiger partial charge on any atom is 0.159 e. The van der Waals surface area contributed by atoms with Crippen molar-refractivity contribution >= 4 is 0 Å². The Kier molecular flexibility index (Phi) is 5.51. The van der Waals surface area contributed by atoms with Gasteiger partial charge in [-0.25, -0.2) is 17.6 Å². The predicted octanol–water partition coefficient (Wildman–Crippen LogP) is 3.73. The van der Waals surface area contributed by atoms with Crippen LogP contribution in [0.3, 0.4) is 0 Å². The van der Waals surface area contributed by atoms with E-state index in [4.69, 9.17) is 9.84 Å². The van der Waals surface area contributed by atoms with Gasteiger partial charge in [-0.1, -0.05) is 12.1 Å². The van der Waals surface area contributed by atoms with E-state index in [0.29, 0.717) is 6.42 Å². The molecule has 0 aliphatic rings.